The number of fused-ring (bicyclic) bond motifs is 1. The van der Waals surface area contributed by atoms with Crippen molar-refractivity contribution in [3.8, 4) is 5.75 Å². The van der Waals surface area contributed by atoms with Crippen molar-refractivity contribution in [3.05, 3.63) is 71.9 Å². The van der Waals surface area contributed by atoms with Crippen molar-refractivity contribution in [2.24, 2.45) is 0 Å². The summed E-state index contributed by atoms with van der Waals surface area (Å²) < 4.78 is 0. The standard InChI is InChI=1S/C17H16N2O/c20-17-8-4-2-6-14(17)11-18-12-15-10-9-13-5-1-3-7-16(13)19-15/h1-10,18,20H,11-12H2. The molecule has 2 N–H and O–H groups in total. The Bertz CT molecular complexity index is 725. The summed E-state index contributed by atoms with van der Waals surface area (Å²) in [4.78, 5) is 4.60. The smallest absolute Gasteiger partial charge is 0.120 e. The van der Waals surface area contributed by atoms with Crippen molar-refractivity contribution in [3.63, 3.8) is 0 Å². The average molecular weight is 264 g/mol. The minimum atomic E-state index is 0.325. The number of nitrogens with one attached hydrogen (secondary N) is 1. The fraction of sp³-hybridized carbons (Fsp3) is 0.118. The molecule has 0 saturated heterocycles. The number of para-hydroxylation sites is 2. The summed E-state index contributed by atoms with van der Waals surface area (Å²) in [5, 5.41) is 14.1. The van der Waals surface area contributed by atoms with E-state index in [2.05, 4.69) is 22.4 Å². The van der Waals surface area contributed by atoms with Crippen molar-refractivity contribution >= 4 is 10.9 Å². The molecule has 1 heterocycles. The molecule has 3 aromatic rings. The van der Waals surface area contributed by atoms with Gasteiger partial charge in [-0.25, -0.2) is 0 Å². The molecule has 0 unspecified atom stereocenters. The molecule has 0 aliphatic rings. The molecule has 0 amide bonds. The molecule has 0 saturated carbocycles. The Morgan fingerprint density at radius 2 is 1.65 bits per heavy atom. The quantitative estimate of drug-likeness (QED) is 0.760. The first kappa shape index (κ1) is 12.6. The van der Waals surface area contributed by atoms with Gasteiger partial charge in [0.25, 0.3) is 0 Å². The van der Waals surface area contributed by atoms with Crippen LogP contribution in [0.15, 0.2) is 60.7 Å². The second-order valence-corrected chi connectivity index (χ2v) is 4.73. The second kappa shape index (κ2) is 5.72. The van der Waals surface area contributed by atoms with E-state index in [1.165, 1.54) is 0 Å². The summed E-state index contributed by atoms with van der Waals surface area (Å²) in [7, 11) is 0. The van der Waals surface area contributed by atoms with Crippen molar-refractivity contribution in [2.45, 2.75) is 13.1 Å². The molecule has 0 spiro atoms. The van der Waals surface area contributed by atoms with Gasteiger partial charge in [-0.1, -0.05) is 42.5 Å². The van der Waals surface area contributed by atoms with E-state index in [-0.39, 0.29) is 0 Å². The van der Waals surface area contributed by atoms with Gasteiger partial charge in [0.15, 0.2) is 0 Å². The molecule has 20 heavy (non-hydrogen) atoms. The van der Waals surface area contributed by atoms with Gasteiger partial charge < -0.3 is 10.4 Å². The third kappa shape index (κ3) is 2.78. The highest BCUT2D eigenvalue weighted by Gasteiger charge is 2.01. The van der Waals surface area contributed by atoms with Gasteiger partial charge in [0.1, 0.15) is 5.75 Å². The van der Waals surface area contributed by atoms with Crippen molar-refractivity contribution in [2.75, 3.05) is 0 Å². The topological polar surface area (TPSA) is 45.1 Å². The zero-order valence-corrected chi connectivity index (χ0v) is 11.1. The van der Waals surface area contributed by atoms with E-state index >= 15 is 0 Å². The number of hydrogen-bond donors (Lipinski definition) is 2. The van der Waals surface area contributed by atoms with E-state index in [4.69, 9.17) is 0 Å². The number of pyridine rings is 1. The Kier molecular flexibility index (Phi) is 3.61. The molecule has 100 valence electrons. The van der Waals surface area contributed by atoms with E-state index in [9.17, 15) is 5.11 Å². The number of aromatic hydroxyl groups is 1. The van der Waals surface area contributed by atoms with Gasteiger partial charge in [-0.05, 0) is 18.2 Å². The fourth-order valence-electron chi connectivity index (χ4n) is 2.19. The lowest BCUT2D eigenvalue weighted by molar-refractivity contribution is 0.464. The molecule has 0 aliphatic carbocycles. The maximum Gasteiger partial charge on any atom is 0.120 e. The number of benzene rings is 2. The number of nitrogens with zero attached hydrogens (tertiary/aromatic N) is 1. The van der Waals surface area contributed by atoms with Gasteiger partial charge in [0.05, 0.1) is 11.2 Å². The van der Waals surface area contributed by atoms with Crippen molar-refractivity contribution < 1.29 is 5.11 Å². The Labute approximate surface area is 117 Å². The van der Waals surface area contributed by atoms with E-state index in [0.29, 0.717) is 18.8 Å². The molecule has 0 fully saturated rings. The van der Waals surface area contributed by atoms with Crippen molar-refractivity contribution in [1.29, 1.82) is 0 Å². The molecule has 3 nitrogen and oxygen atoms in total. The zero-order chi connectivity index (χ0) is 13.8. The average Bonchev–Trinajstić information content (AvgIpc) is 2.49. The molecular formula is C17H16N2O. The van der Waals surface area contributed by atoms with Crippen LogP contribution in [0.3, 0.4) is 0 Å². The first-order chi connectivity index (χ1) is 9.83. The Hall–Kier alpha value is -2.39. The molecule has 2 aromatic carbocycles. The Morgan fingerprint density at radius 1 is 0.850 bits per heavy atom. The number of rotatable bonds is 4. The molecule has 3 heteroatoms. The lowest BCUT2D eigenvalue weighted by Crippen LogP contribution is -2.13. The molecule has 3 rings (SSSR count). The summed E-state index contributed by atoms with van der Waals surface area (Å²) in [6.07, 6.45) is 0. The molecule has 0 bridgehead atoms. The first-order valence-corrected chi connectivity index (χ1v) is 6.65. The van der Waals surface area contributed by atoms with Crippen LogP contribution in [0.5, 0.6) is 5.75 Å². The first-order valence-electron chi connectivity index (χ1n) is 6.65. The predicted octanol–water partition coefficient (Wildman–Crippen LogP) is 3.23. The number of aromatic nitrogens is 1. The highest BCUT2D eigenvalue weighted by atomic mass is 16.3. The molecule has 0 radical (unpaired) electrons. The van der Waals surface area contributed by atoms with Crippen LogP contribution < -0.4 is 5.32 Å². The third-order valence-electron chi connectivity index (χ3n) is 3.27. The highest BCUT2D eigenvalue weighted by molar-refractivity contribution is 5.78. The summed E-state index contributed by atoms with van der Waals surface area (Å²) >= 11 is 0. The van der Waals surface area contributed by atoms with Crippen molar-refractivity contribution in [1.82, 2.24) is 10.3 Å². The van der Waals surface area contributed by atoms with E-state index < -0.39 is 0 Å². The van der Waals surface area contributed by atoms with Crippen LogP contribution in [-0.2, 0) is 13.1 Å². The van der Waals surface area contributed by atoms with Crippen LogP contribution in [0.2, 0.25) is 0 Å². The van der Waals surface area contributed by atoms with E-state index in [1.807, 2.05) is 42.5 Å². The zero-order valence-electron chi connectivity index (χ0n) is 11.1. The van der Waals surface area contributed by atoms with Gasteiger partial charge in [-0.2, -0.15) is 0 Å². The van der Waals surface area contributed by atoms with Crippen LogP contribution in [-0.4, -0.2) is 10.1 Å². The Morgan fingerprint density at radius 3 is 2.55 bits per heavy atom. The lowest BCUT2D eigenvalue weighted by atomic mass is 10.2. The van der Waals surface area contributed by atoms with Crippen LogP contribution in [0.1, 0.15) is 11.3 Å². The van der Waals surface area contributed by atoms with Gasteiger partial charge in [-0.3, -0.25) is 4.98 Å². The fourth-order valence-corrected chi connectivity index (χ4v) is 2.19. The molecular weight excluding hydrogens is 248 g/mol. The minimum absolute atomic E-state index is 0.325. The predicted molar refractivity (Wildman–Crippen MR) is 80.4 cm³/mol. The van der Waals surface area contributed by atoms with Crippen LogP contribution in [0.4, 0.5) is 0 Å². The third-order valence-corrected chi connectivity index (χ3v) is 3.27. The maximum atomic E-state index is 9.69. The summed E-state index contributed by atoms with van der Waals surface area (Å²) in [5.41, 5.74) is 2.90. The van der Waals surface area contributed by atoms with E-state index in [1.54, 1.807) is 6.07 Å². The lowest BCUT2D eigenvalue weighted by Gasteiger charge is -2.07. The summed E-state index contributed by atoms with van der Waals surface area (Å²) in [5.74, 6) is 0.325. The largest absolute Gasteiger partial charge is 0.508 e. The summed E-state index contributed by atoms with van der Waals surface area (Å²) in [6.45, 7) is 1.31. The summed E-state index contributed by atoms with van der Waals surface area (Å²) in [6, 6.07) is 19.5. The Balaban J connectivity index is 1.67. The number of phenolic OH excluding ortho intramolecular Hbond substituents is 1. The normalized spacial score (nSPS) is 10.8. The van der Waals surface area contributed by atoms with Gasteiger partial charge >= 0.3 is 0 Å². The van der Waals surface area contributed by atoms with Crippen LogP contribution in [0.25, 0.3) is 10.9 Å². The molecule has 0 aliphatic heterocycles. The SMILES string of the molecule is Oc1ccccc1CNCc1ccc2ccccc2n1. The van der Waals surface area contributed by atoms with Gasteiger partial charge in [0, 0.05) is 24.0 Å². The molecule has 0 atom stereocenters. The van der Waals surface area contributed by atoms with Gasteiger partial charge in [-0.15, -0.1) is 0 Å². The van der Waals surface area contributed by atoms with Crippen LogP contribution in [0, 0.1) is 0 Å². The highest BCUT2D eigenvalue weighted by Crippen LogP contribution is 2.15. The second-order valence-electron chi connectivity index (χ2n) is 4.73. The monoisotopic (exact) mass is 264 g/mol. The van der Waals surface area contributed by atoms with Gasteiger partial charge in [0.2, 0.25) is 0 Å². The van der Waals surface area contributed by atoms with E-state index in [0.717, 1.165) is 22.2 Å². The molecule has 1 aromatic heterocycles. The minimum Gasteiger partial charge on any atom is -0.508 e. The van der Waals surface area contributed by atoms with Crippen LogP contribution >= 0.6 is 0 Å². The number of hydrogen-bond acceptors (Lipinski definition) is 3. The number of phenols is 1. The maximum absolute atomic E-state index is 9.69.